The molecule has 0 aliphatic rings. The first kappa shape index (κ1) is 19.1. The molecule has 0 bridgehead atoms. The Morgan fingerprint density at radius 1 is 1.15 bits per heavy atom. The first-order valence-electron chi connectivity index (χ1n) is 8.87. The highest BCUT2D eigenvalue weighted by molar-refractivity contribution is 7.99. The van der Waals surface area contributed by atoms with E-state index in [1.165, 1.54) is 18.1 Å². The molecule has 0 N–H and O–H groups in total. The molecule has 6 nitrogen and oxygen atoms in total. The molecule has 0 fully saturated rings. The Morgan fingerprint density at radius 2 is 1.93 bits per heavy atom. The Hall–Kier alpha value is -2.67. The van der Waals surface area contributed by atoms with E-state index in [2.05, 4.69) is 15.1 Å². The van der Waals surface area contributed by atoms with Crippen LogP contribution in [0.1, 0.15) is 23.9 Å². The molecule has 7 heteroatoms. The van der Waals surface area contributed by atoms with Gasteiger partial charge < -0.3 is 4.90 Å². The Kier molecular flexibility index (Phi) is 6.24. The van der Waals surface area contributed by atoms with Gasteiger partial charge in [-0.2, -0.15) is 5.10 Å². The Bertz CT molecular complexity index is 910. The average Bonchev–Trinajstić information content (AvgIpc) is 3.03. The van der Waals surface area contributed by atoms with E-state index in [-0.39, 0.29) is 5.91 Å². The molecule has 0 aliphatic carbocycles. The van der Waals surface area contributed by atoms with Gasteiger partial charge in [-0.1, -0.05) is 42.1 Å². The second-order valence-corrected chi connectivity index (χ2v) is 7.23. The molecule has 0 radical (unpaired) electrons. The number of amides is 1. The number of carbonyl (C=O) groups excluding carboxylic acids is 1. The van der Waals surface area contributed by atoms with Crippen LogP contribution in [0, 0.1) is 13.8 Å². The fraction of sp³-hybridized carbons (Fsp3) is 0.300. The van der Waals surface area contributed by atoms with Crippen LogP contribution in [-0.2, 0) is 11.3 Å². The molecular formula is C20H23N5OS. The monoisotopic (exact) mass is 381 g/mol. The first-order valence-corrected chi connectivity index (χ1v) is 9.85. The second kappa shape index (κ2) is 8.81. The van der Waals surface area contributed by atoms with Gasteiger partial charge in [0.05, 0.1) is 11.4 Å². The van der Waals surface area contributed by atoms with Crippen molar-refractivity contribution in [3.63, 3.8) is 0 Å². The van der Waals surface area contributed by atoms with Gasteiger partial charge in [0.2, 0.25) is 5.91 Å². The number of thioether (sulfide) groups is 1. The molecule has 0 unspecified atom stereocenters. The van der Waals surface area contributed by atoms with Crippen molar-refractivity contribution in [3.05, 3.63) is 65.7 Å². The van der Waals surface area contributed by atoms with Gasteiger partial charge in [-0.3, -0.25) is 4.79 Å². The zero-order chi connectivity index (χ0) is 19.2. The predicted molar refractivity (Wildman–Crippen MR) is 107 cm³/mol. The van der Waals surface area contributed by atoms with Gasteiger partial charge in [0, 0.05) is 24.8 Å². The molecule has 27 heavy (non-hydrogen) atoms. The molecular weight excluding hydrogens is 358 g/mol. The maximum Gasteiger partial charge on any atom is 0.233 e. The van der Waals surface area contributed by atoms with Crippen LogP contribution < -0.4 is 0 Å². The molecule has 3 rings (SSSR count). The van der Waals surface area contributed by atoms with Gasteiger partial charge >= 0.3 is 0 Å². The van der Waals surface area contributed by atoms with E-state index >= 15 is 0 Å². The standard InChI is InChI=1S/C20H23N5OS/c1-4-24(12-17-8-6-5-7-9-17)20(26)13-27-19-11-18(21-14-22-19)25-16(3)10-15(2)23-25/h5-11,14H,4,12-13H2,1-3H3. The molecule has 0 saturated heterocycles. The maximum absolute atomic E-state index is 12.6. The topological polar surface area (TPSA) is 63.9 Å². The summed E-state index contributed by atoms with van der Waals surface area (Å²) in [4.78, 5) is 23.0. The van der Waals surface area contributed by atoms with Crippen LogP contribution in [0.5, 0.6) is 0 Å². The lowest BCUT2D eigenvalue weighted by Gasteiger charge is -2.20. The molecule has 1 aromatic carbocycles. The maximum atomic E-state index is 12.6. The summed E-state index contributed by atoms with van der Waals surface area (Å²) in [5.41, 5.74) is 3.08. The van der Waals surface area contributed by atoms with Gasteiger partial charge in [0.1, 0.15) is 11.4 Å². The summed E-state index contributed by atoms with van der Waals surface area (Å²) >= 11 is 1.42. The second-order valence-electron chi connectivity index (χ2n) is 6.24. The summed E-state index contributed by atoms with van der Waals surface area (Å²) in [6.45, 7) is 7.23. The highest BCUT2D eigenvalue weighted by Gasteiger charge is 2.14. The number of benzene rings is 1. The molecule has 0 atom stereocenters. The van der Waals surface area contributed by atoms with E-state index in [4.69, 9.17) is 0 Å². The Labute approximate surface area is 163 Å². The van der Waals surface area contributed by atoms with Crippen molar-refractivity contribution in [2.75, 3.05) is 12.3 Å². The van der Waals surface area contributed by atoms with E-state index in [1.807, 2.05) is 68.1 Å². The lowest BCUT2D eigenvalue weighted by molar-refractivity contribution is -0.128. The van der Waals surface area contributed by atoms with Crippen LogP contribution >= 0.6 is 11.8 Å². The lowest BCUT2D eigenvalue weighted by Crippen LogP contribution is -2.31. The van der Waals surface area contributed by atoms with E-state index in [0.717, 1.165) is 22.0 Å². The van der Waals surface area contributed by atoms with Crippen molar-refractivity contribution in [1.29, 1.82) is 0 Å². The van der Waals surface area contributed by atoms with Crippen molar-refractivity contribution in [1.82, 2.24) is 24.6 Å². The van der Waals surface area contributed by atoms with Crippen molar-refractivity contribution in [2.24, 2.45) is 0 Å². The predicted octanol–water partition coefficient (Wildman–Crippen LogP) is 3.42. The SMILES string of the molecule is CCN(Cc1ccccc1)C(=O)CSc1cc(-n2nc(C)cc2C)ncn1. The molecule has 0 aliphatic heterocycles. The summed E-state index contributed by atoms with van der Waals surface area (Å²) < 4.78 is 1.79. The zero-order valence-corrected chi connectivity index (χ0v) is 16.6. The number of aromatic nitrogens is 4. The highest BCUT2D eigenvalue weighted by atomic mass is 32.2. The molecule has 3 aromatic rings. The number of hydrogen-bond donors (Lipinski definition) is 0. The fourth-order valence-electron chi connectivity index (χ4n) is 2.79. The molecule has 140 valence electrons. The molecule has 0 saturated carbocycles. The summed E-state index contributed by atoms with van der Waals surface area (Å²) in [6.07, 6.45) is 1.51. The molecule has 2 aromatic heterocycles. The van der Waals surface area contributed by atoms with Crippen LogP contribution in [0.2, 0.25) is 0 Å². The Morgan fingerprint density at radius 3 is 2.59 bits per heavy atom. The summed E-state index contributed by atoms with van der Waals surface area (Å²) in [7, 11) is 0. The number of rotatable bonds is 7. The normalized spacial score (nSPS) is 10.8. The van der Waals surface area contributed by atoms with Crippen molar-refractivity contribution in [2.45, 2.75) is 32.3 Å². The van der Waals surface area contributed by atoms with Crippen molar-refractivity contribution < 1.29 is 4.79 Å². The summed E-state index contributed by atoms with van der Waals surface area (Å²) in [5, 5.41) is 5.21. The van der Waals surface area contributed by atoms with Crippen LogP contribution in [-0.4, -0.2) is 42.9 Å². The third-order valence-electron chi connectivity index (χ3n) is 4.15. The number of hydrogen-bond acceptors (Lipinski definition) is 5. The molecule has 1 amide bonds. The smallest absolute Gasteiger partial charge is 0.233 e. The van der Waals surface area contributed by atoms with E-state index in [0.29, 0.717) is 24.7 Å². The van der Waals surface area contributed by atoms with Gasteiger partial charge in [-0.25, -0.2) is 14.6 Å². The number of nitrogens with zero attached hydrogens (tertiary/aromatic N) is 5. The molecule has 2 heterocycles. The highest BCUT2D eigenvalue weighted by Crippen LogP contribution is 2.19. The quantitative estimate of drug-likeness (QED) is 0.463. The average molecular weight is 382 g/mol. The number of aryl methyl sites for hydroxylation is 2. The van der Waals surface area contributed by atoms with Gasteiger partial charge in [0.15, 0.2) is 5.82 Å². The minimum atomic E-state index is 0.0950. The first-order chi connectivity index (χ1) is 13.1. The summed E-state index contributed by atoms with van der Waals surface area (Å²) in [5.74, 6) is 1.15. The van der Waals surface area contributed by atoms with Gasteiger partial charge in [-0.05, 0) is 32.4 Å². The van der Waals surface area contributed by atoms with Gasteiger partial charge in [-0.15, -0.1) is 0 Å². The minimum Gasteiger partial charge on any atom is -0.338 e. The van der Waals surface area contributed by atoms with Crippen LogP contribution in [0.4, 0.5) is 0 Å². The number of carbonyl (C=O) groups is 1. The fourth-order valence-corrected chi connectivity index (χ4v) is 3.56. The van der Waals surface area contributed by atoms with E-state index in [9.17, 15) is 4.79 Å². The molecule has 0 spiro atoms. The van der Waals surface area contributed by atoms with Gasteiger partial charge in [0.25, 0.3) is 0 Å². The Balaban J connectivity index is 1.64. The van der Waals surface area contributed by atoms with Crippen molar-refractivity contribution >= 4 is 17.7 Å². The third kappa shape index (κ3) is 4.95. The van der Waals surface area contributed by atoms with Crippen molar-refractivity contribution in [3.8, 4) is 5.82 Å². The van der Waals surface area contributed by atoms with E-state index in [1.54, 1.807) is 4.68 Å². The largest absolute Gasteiger partial charge is 0.338 e. The van der Waals surface area contributed by atoms with Crippen LogP contribution in [0.3, 0.4) is 0 Å². The third-order valence-corrected chi connectivity index (χ3v) is 5.06. The van der Waals surface area contributed by atoms with Crippen LogP contribution in [0.15, 0.2) is 53.8 Å². The summed E-state index contributed by atoms with van der Waals surface area (Å²) in [6, 6.07) is 13.9. The minimum absolute atomic E-state index is 0.0950. The lowest BCUT2D eigenvalue weighted by atomic mass is 10.2. The zero-order valence-electron chi connectivity index (χ0n) is 15.8. The van der Waals surface area contributed by atoms with E-state index < -0.39 is 0 Å². The van der Waals surface area contributed by atoms with Crippen LogP contribution in [0.25, 0.3) is 5.82 Å².